The van der Waals surface area contributed by atoms with E-state index in [-0.39, 0.29) is 18.4 Å². The summed E-state index contributed by atoms with van der Waals surface area (Å²) in [7, 11) is 0. The maximum absolute atomic E-state index is 11.2. The first-order chi connectivity index (χ1) is 14.9. The van der Waals surface area contributed by atoms with Crippen LogP contribution >= 0.6 is 11.3 Å². The van der Waals surface area contributed by atoms with Crippen LogP contribution in [0.2, 0.25) is 0 Å². The Hall–Kier alpha value is -3.24. The molecule has 1 N–H and O–H groups in total. The van der Waals surface area contributed by atoms with Crippen LogP contribution in [0.15, 0.2) is 30.3 Å². The Kier molecular flexibility index (Phi) is 5.75. The monoisotopic (exact) mass is 433 g/mol. The van der Waals surface area contributed by atoms with E-state index in [1.807, 2.05) is 32.0 Å². The highest BCUT2D eigenvalue weighted by molar-refractivity contribution is 7.17. The van der Waals surface area contributed by atoms with Gasteiger partial charge in [0, 0.05) is 11.1 Å². The van der Waals surface area contributed by atoms with Gasteiger partial charge in [0.15, 0.2) is 0 Å². The van der Waals surface area contributed by atoms with Gasteiger partial charge in [-0.1, -0.05) is 23.5 Å². The van der Waals surface area contributed by atoms with Gasteiger partial charge < -0.3 is 9.84 Å². The number of aliphatic carboxylic acids is 1. The molecule has 0 fully saturated rings. The molecule has 2 aromatic carbocycles. The molecule has 0 spiro atoms. The van der Waals surface area contributed by atoms with Crippen molar-refractivity contribution in [3.8, 4) is 33.0 Å². The van der Waals surface area contributed by atoms with Crippen LogP contribution in [0.3, 0.4) is 0 Å². The topological polar surface area (TPSA) is 96.1 Å². The zero-order valence-electron chi connectivity index (χ0n) is 17.7. The van der Waals surface area contributed by atoms with Crippen molar-refractivity contribution in [2.24, 2.45) is 0 Å². The quantitative estimate of drug-likeness (QED) is 0.563. The molecule has 31 heavy (non-hydrogen) atoms. The molecule has 7 heteroatoms. The molecule has 1 unspecified atom stereocenters. The van der Waals surface area contributed by atoms with Crippen molar-refractivity contribution in [1.29, 1.82) is 5.26 Å². The molecule has 0 aliphatic heterocycles. The van der Waals surface area contributed by atoms with Gasteiger partial charge in [0.1, 0.15) is 21.8 Å². The fourth-order valence-corrected chi connectivity index (χ4v) is 5.10. The number of carbonyl (C=O) groups is 1. The molecule has 1 heterocycles. The third-order valence-electron chi connectivity index (χ3n) is 5.60. The van der Waals surface area contributed by atoms with E-state index >= 15 is 0 Å². The average molecular weight is 434 g/mol. The number of hydrogen-bond donors (Lipinski definition) is 1. The van der Waals surface area contributed by atoms with E-state index < -0.39 is 5.97 Å². The SMILES string of the molecule is Cc1c(-c2nnc(-c3ccc(OC(C)C)c(C#N)c3)s2)ccc2c1CCC2CC(=O)O. The van der Waals surface area contributed by atoms with E-state index in [0.29, 0.717) is 11.3 Å². The highest BCUT2D eigenvalue weighted by atomic mass is 32.1. The minimum absolute atomic E-state index is 0.0102. The first-order valence-corrected chi connectivity index (χ1v) is 11.1. The van der Waals surface area contributed by atoms with Crippen molar-refractivity contribution < 1.29 is 14.6 Å². The van der Waals surface area contributed by atoms with E-state index in [4.69, 9.17) is 9.84 Å². The smallest absolute Gasteiger partial charge is 0.303 e. The summed E-state index contributed by atoms with van der Waals surface area (Å²) >= 11 is 1.48. The van der Waals surface area contributed by atoms with Crippen LogP contribution in [0, 0.1) is 18.3 Å². The fraction of sp³-hybridized carbons (Fsp3) is 0.333. The molecular formula is C24H23N3O3S. The van der Waals surface area contributed by atoms with Crippen molar-refractivity contribution in [1.82, 2.24) is 10.2 Å². The molecule has 6 nitrogen and oxygen atoms in total. The number of nitriles is 1. The van der Waals surface area contributed by atoms with Gasteiger partial charge in [-0.15, -0.1) is 10.2 Å². The van der Waals surface area contributed by atoms with Crippen LogP contribution in [0.25, 0.3) is 21.1 Å². The Morgan fingerprint density at radius 3 is 2.77 bits per heavy atom. The molecule has 0 bridgehead atoms. The zero-order valence-corrected chi connectivity index (χ0v) is 18.5. The van der Waals surface area contributed by atoms with Crippen molar-refractivity contribution >= 4 is 17.3 Å². The summed E-state index contributed by atoms with van der Waals surface area (Å²) in [4.78, 5) is 11.2. The Morgan fingerprint density at radius 1 is 1.29 bits per heavy atom. The van der Waals surface area contributed by atoms with E-state index in [0.717, 1.165) is 45.1 Å². The second-order valence-electron chi connectivity index (χ2n) is 8.04. The van der Waals surface area contributed by atoms with E-state index in [1.165, 1.54) is 16.9 Å². The van der Waals surface area contributed by atoms with Crippen LogP contribution in [-0.2, 0) is 11.2 Å². The molecule has 3 aromatic rings. The molecule has 0 saturated carbocycles. The first-order valence-electron chi connectivity index (χ1n) is 10.3. The maximum Gasteiger partial charge on any atom is 0.303 e. The van der Waals surface area contributed by atoms with Crippen LogP contribution in [0.4, 0.5) is 0 Å². The summed E-state index contributed by atoms with van der Waals surface area (Å²) in [5.74, 6) is -0.104. The maximum atomic E-state index is 11.2. The minimum atomic E-state index is -0.755. The number of fused-ring (bicyclic) bond motifs is 1. The Bertz CT molecular complexity index is 1190. The van der Waals surface area contributed by atoms with Gasteiger partial charge in [0.2, 0.25) is 0 Å². The number of aromatic nitrogens is 2. The number of hydrogen-bond acceptors (Lipinski definition) is 6. The van der Waals surface area contributed by atoms with Crippen molar-refractivity contribution in [2.75, 3.05) is 0 Å². The summed E-state index contributed by atoms with van der Waals surface area (Å²) in [5, 5.41) is 29.0. The van der Waals surface area contributed by atoms with Gasteiger partial charge in [-0.25, -0.2) is 0 Å². The molecule has 158 valence electrons. The molecule has 1 aliphatic rings. The zero-order chi connectivity index (χ0) is 22.1. The van der Waals surface area contributed by atoms with Gasteiger partial charge in [-0.2, -0.15) is 5.26 Å². The highest BCUT2D eigenvalue weighted by Crippen LogP contribution is 2.41. The van der Waals surface area contributed by atoms with E-state index in [1.54, 1.807) is 12.1 Å². The number of rotatable bonds is 6. The standard InChI is InChI=1S/C24H23N3O3S/c1-13(2)30-21-9-5-16(10-17(21)12-25)23-26-27-24(31-23)19-7-8-20-15(11-22(28)29)4-6-18(20)14(19)3/h5,7-10,13,15H,4,6,11H2,1-3H3,(H,28,29). The normalized spacial score (nSPS) is 15.0. The Balaban J connectivity index is 1.64. The largest absolute Gasteiger partial charge is 0.490 e. The van der Waals surface area contributed by atoms with Crippen LogP contribution in [0.5, 0.6) is 5.75 Å². The highest BCUT2D eigenvalue weighted by Gasteiger charge is 2.27. The number of carboxylic acids is 1. The molecule has 4 rings (SSSR count). The number of nitrogens with zero attached hydrogens (tertiary/aromatic N) is 3. The van der Waals surface area contributed by atoms with Crippen molar-refractivity contribution in [3.63, 3.8) is 0 Å². The van der Waals surface area contributed by atoms with Crippen LogP contribution < -0.4 is 4.74 Å². The van der Waals surface area contributed by atoms with E-state index in [9.17, 15) is 10.1 Å². The number of benzene rings is 2. The lowest BCUT2D eigenvalue weighted by Gasteiger charge is -2.12. The summed E-state index contributed by atoms with van der Waals surface area (Å²) < 4.78 is 5.70. The summed E-state index contributed by atoms with van der Waals surface area (Å²) in [5.41, 5.74) is 5.86. The molecule has 0 radical (unpaired) electrons. The lowest BCUT2D eigenvalue weighted by Crippen LogP contribution is -2.06. The van der Waals surface area contributed by atoms with Gasteiger partial charge in [0.05, 0.1) is 18.1 Å². The Morgan fingerprint density at radius 2 is 2.06 bits per heavy atom. The summed E-state index contributed by atoms with van der Waals surface area (Å²) in [6.45, 7) is 5.92. The third-order valence-corrected chi connectivity index (χ3v) is 6.61. The lowest BCUT2D eigenvalue weighted by atomic mass is 9.94. The first kappa shape index (κ1) is 21.0. The molecule has 0 amide bonds. The second-order valence-corrected chi connectivity index (χ2v) is 9.02. The Labute approximate surface area is 185 Å². The van der Waals surface area contributed by atoms with Crippen LogP contribution in [-0.4, -0.2) is 27.4 Å². The summed E-state index contributed by atoms with van der Waals surface area (Å²) in [6, 6.07) is 11.8. The predicted molar refractivity (Wildman–Crippen MR) is 119 cm³/mol. The van der Waals surface area contributed by atoms with E-state index in [2.05, 4.69) is 23.2 Å². The molecule has 1 aliphatic carbocycles. The average Bonchev–Trinajstić information content (AvgIpc) is 3.36. The van der Waals surface area contributed by atoms with Gasteiger partial charge in [0.25, 0.3) is 0 Å². The molecule has 0 saturated heterocycles. The predicted octanol–water partition coefficient (Wildman–Crippen LogP) is 5.34. The van der Waals surface area contributed by atoms with Gasteiger partial charge in [-0.3, -0.25) is 4.79 Å². The number of carboxylic acid groups (broad SMARTS) is 1. The lowest BCUT2D eigenvalue weighted by molar-refractivity contribution is -0.137. The van der Waals surface area contributed by atoms with Crippen molar-refractivity contribution in [2.45, 2.75) is 52.1 Å². The fourth-order valence-electron chi connectivity index (χ4n) is 4.18. The number of ether oxygens (including phenoxy) is 1. The third kappa shape index (κ3) is 4.17. The molecule has 1 atom stereocenters. The molecular weight excluding hydrogens is 410 g/mol. The summed E-state index contributed by atoms with van der Waals surface area (Å²) in [6.07, 6.45) is 1.92. The second kappa shape index (κ2) is 8.48. The van der Waals surface area contributed by atoms with Gasteiger partial charge >= 0.3 is 5.97 Å². The van der Waals surface area contributed by atoms with Crippen molar-refractivity contribution in [3.05, 3.63) is 52.6 Å². The molecule has 1 aromatic heterocycles. The van der Waals surface area contributed by atoms with Crippen LogP contribution in [0.1, 0.15) is 54.9 Å². The van der Waals surface area contributed by atoms with Gasteiger partial charge in [-0.05, 0) is 74.4 Å². The minimum Gasteiger partial charge on any atom is -0.490 e.